The fourth-order valence-corrected chi connectivity index (χ4v) is 2.36. The van der Waals surface area contributed by atoms with Gasteiger partial charge in [0.2, 0.25) is 5.91 Å². The predicted molar refractivity (Wildman–Crippen MR) is 89.8 cm³/mol. The highest BCUT2D eigenvalue weighted by Crippen LogP contribution is 2.13. The lowest BCUT2D eigenvalue weighted by molar-refractivity contribution is -0.120. The van der Waals surface area contributed by atoms with Crippen LogP contribution in [-0.2, 0) is 4.79 Å². The summed E-state index contributed by atoms with van der Waals surface area (Å²) < 4.78 is 1.76. The van der Waals surface area contributed by atoms with Gasteiger partial charge in [-0.15, -0.1) is 10.2 Å². The van der Waals surface area contributed by atoms with Crippen LogP contribution in [0.4, 0.5) is 5.82 Å². The van der Waals surface area contributed by atoms with E-state index >= 15 is 0 Å². The highest BCUT2D eigenvalue weighted by atomic mass is 16.2. The van der Waals surface area contributed by atoms with E-state index in [2.05, 4.69) is 20.6 Å². The van der Waals surface area contributed by atoms with E-state index < -0.39 is 0 Å². The lowest BCUT2D eigenvalue weighted by Gasteiger charge is -2.21. The molecule has 0 fully saturated rings. The summed E-state index contributed by atoms with van der Waals surface area (Å²) in [5, 5.41) is 15.8. The molecule has 0 aromatic carbocycles. The van der Waals surface area contributed by atoms with Crippen molar-refractivity contribution in [1.29, 1.82) is 0 Å². The summed E-state index contributed by atoms with van der Waals surface area (Å²) in [5.74, 6) is 1.32. The first kappa shape index (κ1) is 16.9. The molecule has 0 saturated carbocycles. The van der Waals surface area contributed by atoms with Crippen molar-refractivity contribution in [3.05, 3.63) is 29.6 Å². The summed E-state index contributed by atoms with van der Waals surface area (Å²) >= 11 is 0. The quantitative estimate of drug-likeness (QED) is 0.876. The van der Waals surface area contributed by atoms with Gasteiger partial charge in [-0.05, 0) is 52.8 Å². The van der Waals surface area contributed by atoms with Gasteiger partial charge in [0.25, 0.3) is 0 Å². The Morgan fingerprint density at radius 1 is 1.30 bits per heavy atom. The molecule has 2 rings (SSSR count). The average molecular weight is 316 g/mol. The van der Waals surface area contributed by atoms with Gasteiger partial charge in [0.05, 0.1) is 12.2 Å². The van der Waals surface area contributed by atoms with Crippen LogP contribution in [0.2, 0.25) is 0 Å². The van der Waals surface area contributed by atoms with E-state index in [0.717, 1.165) is 11.4 Å². The number of rotatable bonds is 6. The molecule has 0 unspecified atom stereocenters. The number of aromatic nitrogens is 4. The molecule has 7 nitrogen and oxygen atoms in total. The van der Waals surface area contributed by atoms with Gasteiger partial charge in [0.15, 0.2) is 11.6 Å². The molecule has 0 aliphatic rings. The van der Waals surface area contributed by atoms with Crippen molar-refractivity contribution >= 4 is 11.7 Å². The summed E-state index contributed by atoms with van der Waals surface area (Å²) in [6.45, 7) is 10.7. The Hall–Kier alpha value is -2.44. The van der Waals surface area contributed by atoms with Crippen LogP contribution in [0.5, 0.6) is 0 Å². The molecule has 2 heterocycles. The molecule has 7 heteroatoms. The van der Waals surface area contributed by atoms with Gasteiger partial charge in [0, 0.05) is 18.3 Å². The molecule has 0 saturated heterocycles. The van der Waals surface area contributed by atoms with E-state index in [9.17, 15) is 4.79 Å². The van der Waals surface area contributed by atoms with Gasteiger partial charge in [-0.3, -0.25) is 4.79 Å². The number of nitrogens with one attached hydrogen (secondary N) is 1. The molecule has 124 valence electrons. The smallest absolute Gasteiger partial charge is 0.239 e. The zero-order valence-electron chi connectivity index (χ0n) is 14.4. The second kappa shape index (κ2) is 7.21. The average Bonchev–Trinajstić information content (AvgIpc) is 2.83. The number of amides is 1. The number of likely N-dealkylation sites (N-methyl/N-ethyl adjacent to an activating group) is 1. The molecule has 2 aromatic heterocycles. The van der Waals surface area contributed by atoms with Gasteiger partial charge < -0.3 is 10.2 Å². The molecular formula is C16H24N6O. The third-order valence-electron chi connectivity index (χ3n) is 3.35. The molecule has 0 atom stereocenters. The minimum Gasteiger partial charge on any atom is -0.352 e. The van der Waals surface area contributed by atoms with Crippen molar-refractivity contribution < 1.29 is 4.79 Å². The minimum absolute atomic E-state index is 0.0220. The SMILES string of the molecule is CCN(CC(=O)NC(C)C)c1ccc(-n2nc(C)cc2C)nn1. The van der Waals surface area contributed by atoms with Gasteiger partial charge in [-0.25, -0.2) is 4.68 Å². The maximum Gasteiger partial charge on any atom is 0.239 e. The Morgan fingerprint density at radius 2 is 2.04 bits per heavy atom. The largest absolute Gasteiger partial charge is 0.352 e. The van der Waals surface area contributed by atoms with Crippen LogP contribution in [0.25, 0.3) is 5.82 Å². The number of carbonyl (C=O) groups excluding carboxylic acids is 1. The first-order valence-electron chi connectivity index (χ1n) is 7.82. The van der Waals surface area contributed by atoms with Crippen LogP contribution in [0, 0.1) is 13.8 Å². The van der Waals surface area contributed by atoms with Crippen molar-refractivity contribution in [2.75, 3.05) is 18.0 Å². The summed E-state index contributed by atoms with van der Waals surface area (Å²) in [5.41, 5.74) is 1.95. The van der Waals surface area contributed by atoms with Crippen molar-refractivity contribution in [1.82, 2.24) is 25.3 Å². The molecule has 0 aliphatic carbocycles. The normalized spacial score (nSPS) is 10.9. The van der Waals surface area contributed by atoms with Crippen LogP contribution in [0.3, 0.4) is 0 Å². The van der Waals surface area contributed by atoms with Gasteiger partial charge >= 0.3 is 0 Å². The van der Waals surface area contributed by atoms with Crippen LogP contribution in [0.1, 0.15) is 32.2 Å². The van der Waals surface area contributed by atoms with E-state index in [1.165, 1.54) is 0 Å². The van der Waals surface area contributed by atoms with E-state index in [0.29, 0.717) is 18.2 Å². The minimum atomic E-state index is -0.0220. The van der Waals surface area contributed by atoms with Crippen LogP contribution in [-0.4, -0.2) is 45.0 Å². The first-order valence-corrected chi connectivity index (χ1v) is 7.82. The molecule has 0 bridgehead atoms. The second-order valence-electron chi connectivity index (χ2n) is 5.83. The van der Waals surface area contributed by atoms with Crippen LogP contribution in [0.15, 0.2) is 18.2 Å². The molecule has 0 aliphatic heterocycles. The number of nitrogens with zero attached hydrogens (tertiary/aromatic N) is 5. The van der Waals surface area contributed by atoms with Crippen molar-refractivity contribution in [3.8, 4) is 5.82 Å². The van der Waals surface area contributed by atoms with Crippen molar-refractivity contribution in [2.45, 2.75) is 40.7 Å². The Kier molecular flexibility index (Phi) is 5.31. The van der Waals surface area contributed by atoms with E-state index in [-0.39, 0.29) is 18.5 Å². The third kappa shape index (κ3) is 4.28. The lowest BCUT2D eigenvalue weighted by Crippen LogP contribution is -2.40. The lowest BCUT2D eigenvalue weighted by atomic mass is 10.3. The third-order valence-corrected chi connectivity index (χ3v) is 3.35. The highest BCUT2D eigenvalue weighted by molar-refractivity contribution is 5.81. The Balaban J connectivity index is 2.13. The molecule has 1 amide bonds. The summed E-state index contributed by atoms with van der Waals surface area (Å²) in [6, 6.07) is 5.85. The maximum atomic E-state index is 11.9. The fraction of sp³-hybridized carbons (Fsp3) is 0.500. The second-order valence-corrected chi connectivity index (χ2v) is 5.83. The van der Waals surface area contributed by atoms with Gasteiger partial charge in [0.1, 0.15) is 0 Å². The highest BCUT2D eigenvalue weighted by Gasteiger charge is 2.13. The standard InChI is InChI=1S/C16H24N6O/c1-6-21(10-16(23)17-11(2)3)14-7-8-15(19-18-14)22-13(5)9-12(4)20-22/h7-9,11H,6,10H2,1-5H3,(H,17,23). The van der Waals surface area contributed by atoms with E-state index in [1.54, 1.807) is 4.68 Å². The van der Waals surface area contributed by atoms with Crippen molar-refractivity contribution in [2.24, 2.45) is 0 Å². The number of hydrogen-bond acceptors (Lipinski definition) is 5. The summed E-state index contributed by atoms with van der Waals surface area (Å²) in [4.78, 5) is 13.8. The Labute approximate surface area is 136 Å². The zero-order valence-corrected chi connectivity index (χ0v) is 14.4. The Bertz CT molecular complexity index is 662. The molecule has 23 heavy (non-hydrogen) atoms. The number of hydrogen-bond donors (Lipinski definition) is 1. The van der Waals surface area contributed by atoms with E-state index in [1.807, 2.05) is 57.7 Å². The molecule has 0 spiro atoms. The maximum absolute atomic E-state index is 11.9. The summed E-state index contributed by atoms with van der Waals surface area (Å²) in [7, 11) is 0. The summed E-state index contributed by atoms with van der Waals surface area (Å²) in [6.07, 6.45) is 0. The Morgan fingerprint density at radius 3 is 2.52 bits per heavy atom. The predicted octanol–water partition coefficient (Wildman–Crippen LogP) is 1.63. The number of carbonyl (C=O) groups is 1. The molecule has 1 N–H and O–H groups in total. The molecule has 2 aromatic rings. The first-order chi connectivity index (χ1) is 10.9. The zero-order chi connectivity index (χ0) is 17.0. The fourth-order valence-electron chi connectivity index (χ4n) is 2.36. The molecule has 0 radical (unpaired) electrons. The van der Waals surface area contributed by atoms with Gasteiger partial charge in [-0.1, -0.05) is 0 Å². The monoisotopic (exact) mass is 316 g/mol. The van der Waals surface area contributed by atoms with Gasteiger partial charge in [-0.2, -0.15) is 5.10 Å². The van der Waals surface area contributed by atoms with Crippen molar-refractivity contribution in [3.63, 3.8) is 0 Å². The van der Waals surface area contributed by atoms with E-state index in [4.69, 9.17) is 0 Å². The number of anilines is 1. The van der Waals surface area contributed by atoms with Crippen LogP contribution < -0.4 is 10.2 Å². The number of aryl methyl sites for hydroxylation is 2. The van der Waals surface area contributed by atoms with Crippen LogP contribution >= 0.6 is 0 Å². The molecular weight excluding hydrogens is 292 g/mol. The topological polar surface area (TPSA) is 75.9 Å².